The second-order valence-corrected chi connectivity index (χ2v) is 9.48. The molecule has 3 aromatic rings. The van der Waals surface area contributed by atoms with Gasteiger partial charge in [-0.3, -0.25) is 9.59 Å². The van der Waals surface area contributed by atoms with E-state index < -0.39 is 11.9 Å². The molecule has 176 valence electrons. The number of piperidine rings is 1. The largest absolute Gasteiger partial charge is 0.357 e. The monoisotopic (exact) mass is 478 g/mol. The molecule has 34 heavy (non-hydrogen) atoms. The van der Waals surface area contributed by atoms with Crippen molar-refractivity contribution in [3.05, 3.63) is 54.0 Å². The third kappa shape index (κ3) is 4.74. The zero-order valence-electron chi connectivity index (χ0n) is 18.9. The Labute approximate surface area is 201 Å². The molecule has 4 heterocycles. The quantitative estimate of drug-likeness (QED) is 0.593. The topological polar surface area (TPSA) is 109 Å². The van der Waals surface area contributed by atoms with Crippen molar-refractivity contribution in [3.8, 4) is 0 Å². The lowest BCUT2D eigenvalue weighted by molar-refractivity contribution is -0.119. The minimum atomic E-state index is -0.714. The number of benzene rings is 1. The van der Waals surface area contributed by atoms with Crippen LogP contribution in [0, 0.1) is 0 Å². The van der Waals surface area contributed by atoms with Crippen LogP contribution in [0.1, 0.15) is 35.4 Å². The van der Waals surface area contributed by atoms with E-state index in [0.717, 1.165) is 47.9 Å². The van der Waals surface area contributed by atoms with Gasteiger partial charge in [0, 0.05) is 43.0 Å². The number of carbonyl (C=O) groups excluding carboxylic acids is 2. The van der Waals surface area contributed by atoms with Crippen molar-refractivity contribution in [1.29, 1.82) is 0 Å². The van der Waals surface area contributed by atoms with Crippen LogP contribution >= 0.6 is 11.8 Å². The number of anilines is 2. The molecule has 0 aliphatic carbocycles. The van der Waals surface area contributed by atoms with E-state index in [2.05, 4.69) is 30.6 Å². The molecule has 0 spiro atoms. The maximum atomic E-state index is 13.2. The lowest BCUT2D eigenvalue weighted by Gasteiger charge is -2.29. The Bertz CT molecular complexity index is 1180. The van der Waals surface area contributed by atoms with E-state index in [9.17, 15) is 9.59 Å². The van der Waals surface area contributed by atoms with Crippen LogP contribution in [0.15, 0.2) is 47.5 Å². The van der Waals surface area contributed by atoms with Crippen LogP contribution in [0.2, 0.25) is 0 Å². The number of rotatable bonds is 5. The van der Waals surface area contributed by atoms with E-state index in [1.165, 1.54) is 23.0 Å². The Morgan fingerprint density at radius 1 is 1.18 bits per heavy atom. The summed E-state index contributed by atoms with van der Waals surface area (Å²) in [5, 5.41) is 14.8. The predicted octanol–water partition coefficient (Wildman–Crippen LogP) is 1.97. The fourth-order valence-electron chi connectivity index (χ4n) is 4.16. The average Bonchev–Trinajstić information content (AvgIpc) is 3.31. The maximum absolute atomic E-state index is 13.2. The lowest BCUT2D eigenvalue weighted by Crippen LogP contribution is -2.48. The van der Waals surface area contributed by atoms with Gasteiger partial charge in [0.05, 0.1) is 12.2 Å². The standard InChI is InChI=1S/C23H26N8O2S/c1-29-18-12-20(30-10-6-3-7-11-30)24-13-19(18)34-15-17(23(29)33)25-22(32)21-26-28-31(27-21)14-16-8-4-2-5-9-16/h2,4-5,8-9,12-13,17H,3,6-7,10-11,14-15H2,1H3,(H,25,32)/t17-/m0/s1. The smallest absolute Gasteiger partial charge is 0.293 e. The third-order valence-electron chi connectivity index (χ3n) is 6.04. The Hall–Kier alpha value is -3.47. The molecule has 1 fully saturated rings. The van der Waals surface area contributed by atoms with E-state index >= 15 is 0 Å². The van der Waals surface area contributed by atoms with Crippen molar-refractivity contribution in [3.63, 3.8) is 0 Å². The van der Waals surface area contributed by atoms with Crippen molar-refractivity contribution >= 4 is 35.1 Å². The molecule has 2 amide bonds. The van der Waals surface area contributed by atoms with E-state index in [4.69, 9.17) is 0 Å². The summed E-state index contributed by atoms with van der Waals surface area (Å²) >= 11 is 1.50. The van der Waals surface area contributed by atoms with Gasteiger partial charge in [0.1, 0.15) is 11.9 Å². The van der Waals surface area contributed by atoms with Crippen molar-refractivity contribution in [2.45, 2.75) is 36.7 Å². The summed E-state index contributed by atoms with van der Waals surface area (Å²) in [6.07, 6.45) is 5.38. The SMILES string of the molecule is CN1C(=O)[C@@H](NC(=O)c2nnn(Cc3ccccc3)n2)CSc2cnc(N3CCCCC3)cc21. The van der Waals surface area contributed by atoms with Crippen LogP contribution in [0.4, 0.5) is 11.5 Å². The number of hydrogen-bond donors (Lipinski definition) is 1. The van der Waals surface area contributed by atoms with Crippen LogP contribution in [-0.4, -0.2) is 68.9 Å². The molecule has 2 aliphatic heterocycles. The number of likely N-dealkylation sites (N-methyl/N-ethyl adjacent to an activating group) is 1. The second-order valence-electron chi connectivity index (χ2n) is 8.42. The highest BCUT2D eigenvalue weighted by Crippen LogP contribution is 2.35. The highest BCUT2D eigenvalue weighted by molar-refractivity contribution is 7.99. The number of nitrogens with one attached hydrogen (secondary N) is 1. The Balaban J connectivity index is 1.27. The lowest BCUT2D eigenvalue weighted by atomic mass is 10.1. The molecule has 1 saturated heterocycles. The Kier molecular flexibility index (Phi) is 6.43. The van der Waals surface area contributed by atoms with Gasteiger partial charge in [-0.25, -0.2) is 4.98 Å². The summed E-state index contributed by atoms with van der Waals surface area (Å²) in [5.41, 5.74) is 1.81. The van der Waals surface area contributed by atoms with Gasteiger partial charge in [0.15, 0.2) is 0 Å². The molecule has 2 aromatic heterocycles. The first kappa shape index (κ1) is 22.3. The first-order valence-electron chi connectivity index (χ1n) is 11.4. The zero-order valence-corrected chi connectivity index (χ0v) is 19.7. The summed E-state index contributed by atoms with van der Waals surface area (Å²) in [4.78, 5) is 36.8. The average molecular weight is 479 g/mol. The van der Waals surface area contributed by atoms with Gasteiger partial charge in [-0.2, -0.15) is 4.80 Å². The number of aromatic nitrogens is 5. The van der Waals surface area contributed by atoms with Crippen molar-refractivity contribution in [2.75, 3.05) is 35.7 Å². The first-order chi connectivity index (χ1) is 16.6. The van der Waals surface area contributed by atoms with Gasteiger partial charge in [-0.1, -0.05) is 30.3 Å². The molecule has 1 aromatic carbocycles. The van der Waals surface area contributed by atoms with E-state index in [0.29, 0.717) is 12.3 Å². The summed E-state index contributed by atoms with van der Waals surface area (Å²) in [6, 6.07) is 10.9. The first-order valence-corrected chi connectivity index (χ1v) is 12.3. The van der Waals surface area contributed by atoms with Crippen molar-refractivity contribution in [1.82, 2.24) is 30.5 Å². The summed E-state index contributed by atoms with van der Waals surface area (Å²) < 4.78 is 0. The molecule has 1 N–H and O–H groups in total. The number of carbonyl (C=O) groups is 2. The minimum Gasteiger partial charge on any atom is -0.357 e. The van der Waals surface area contributed by atoms with E-state index in [-0.39, 0.29) is 11.7 Å². The zero-order chi connectivity index (χ0) is 23.5. The van der Waals surface area contributed by atoms with Crippen LogP contribution in [-0.2, 0) is 11.3 Å². The van der Waals surface area contributed by atoms with E-state index in [1.54, 1.807) is 11.9 Å². The molecule has 10 nitrogen and oxygen atoms in total. The molecule has 0 saturated carbocycles. The number of tetrazole rings is 1. The number of amides is 2. The highest BCUT2D eigenvalue weighted by atomic mass is 32.2. The molecule has 0 bridgehead atoms. The van der Waals surface area contributed by atoms with Crippen LogP contribution in [0.5, 0.6) is 0 Å². The van der Waals surface area contributed by atoms with Gasteiger partial charge in [-0.05, 0) is 30.0 Å². The molecule has 2 aliphatic rings. The van der Waals surface area contributed by atoms with Crippen molar-refractivity contribution in [2.24, 2.45) is 0 Å². The second kappa shape index (κ2) is 9.80. The molecule has 11 heteroatoms. The number of fused-ring (bicyclic) bond motifs is 1. The van der Waals surface area contributed by atoms with Crippen molar-refractivity contribution < 1.29 is 9.59 Å². The molecular weight excluding hydrogens is 452 g/mol. The van der Waals surface area contributed by atoms with Gasteiger partial charge in [0.2, 0.25) is 5.91 Å². The fraction of sp³-hybridized carbons (Fsp3) is 0.391. The van der Waals surface area contributed by atoms with Crippen LogP contribution in [0.3, 0.4) is 0 Å². The third-order valence-corrected chi connectivity index (χ3v) is 7.16. The van der Waals surface area contributed by atoms with Gasteiger partial charge in [-0.15, -0.1) is 22.0 Å². The van der Waals surface area contributed by atoms with Gasteiger partial charge in [0.25, 0.3) is 11.7 Å². The normalized spacial score (nSPS) is 18.4. The number of pyridine rings is 1. The summed E-state index contributed by atoms with van der Waals surface area (Å²) in [5.74, 6) is 0.509. The Morgan fingerprint density at radius 2 is 1.97 bits per heavy atom. The Morgan fingerprint density at radius 3 is 2.76 bits per heavy atom. The molecular formula is C23H26N8O2S. The number of hydrogen-bond acceptors (Lipinski definition) is 8. The molecule has 5 rings (SSSR count). The minimum absolute atomic E-state index is 0.0628. The molecule has 0 unspecified atom stereocenters. The van der Waals surface area contributed by atoms with Crippen LogP contribution < -0.4 is 15.1 Å². The summed E-state index contributed by atoms with van der Waals surface area (Å²) in [7, 11) is 1.74. The maximum Gasteiger partial charge on any atom is 0.293 e. The number of nitrogens with zero attached hydrogens (tertiary/aromatic N) is 7. The number of thioether (sulfide) groups is 1. The molecule has 0 radical (unpaired) electrons. The van der Waals surface area contributed by atoms with Gasteiger partial charge < -0.3 is 15.1 Å². The summed E-state index contributed by atoms with van der Waals surface area (Å²) in [6.45, 7) is 2.37. The van der Waals surface area contributed by atoms with Gasteiger partial charge >= 0.3 is 0 Å². The highest BCUT2D eigenvalue weighted by Gasteiger charge is 2.32. The van der Waals surface area contributed by atoms with Crippen LogP contribution in [0.25, 0.3) is 0 Å². The van der Waals surface area contributed by atoms with E-state index in [1.807, 2.05) is 42.6 Å². The molecule has 1 atom stereocenters. The predicted molar refractivity (Wildman–Crippen MR) is 129 cm³/mol. The fourth-order valence-corrected chi connectivity index (χ4v) is 5.20.